The molecule has 1 aromatic carbocycles. The number of hydrogen-bond donors (Lipinski definition) is 1. The number of ether oxygens (including phenoxy) is 2. The fourth-order valence-electron chi connectivity index (χ4n) is 5.60. The summed E-state index contributed by atoms with van der Waals surface area (Å²) in [6, 6.07) is -0.122. The van der Waals surface area contributed by atoms with E-state index in [1.807, 2.05) is 49.5 Å². The second-order valence-corrected chi connectivity index (χ2v) is 11.2. The minimum Gasteiger partial charge on any atom is -0.506 e. The highest BCUT2D eigenvalue weighted by atomic mass is 16.5. The molecular weight excluding hydrogens is 468 g/mol. The van der Waals surface area contributed by atoms with Crippen molar-refractivity contribution in [1.29, 1.82) is 0 Å². The number of aryl methyl sites for hydroxylation is 2. The number of benzene rings is 1. The van der Waals surface area contributed by atoms with Crippen molar-refractivity contribution in [1.82, 2.24) is 19.1 Å². The quantitative estimate of drug-likeness (QED) is 0.554. The second-order valence-electron chi connectivity index (χ2n) is 11.2. The van der Waals surface area contributed by atoms with Gasteiger partial charge >= 0.3 is 0 Å². The van der Waals surface area contributed by atoms with Crippen LogP contribution in [-0.4, -0.2) is 61.3 Å². The molecule has 0 fully saturated rings. The van der Waals surface area contributed by atoms with Gasteiger partial charge in [-0.2, -0.15) is 0 Å². The zero-order valence-corrected chi connectivity index (χ0v) is 22.7. The fourth-order valence-corrected chi connectivity index (χ4v) is 5.60. The van der Waals surface area contributed by atoms with Crippen LogP contribution in [0.15, 0.2) is 35.0 Å². The topological polar surface area (TPSA) is 99.1 Å². The van der Waals surface area contributed by atoms with Crippen molar-refractivity contribution in [2.45, 2.75) is 65.0 Å². The van der Waals surface area contributed by atoms with Crippen LogP contribution in [0.3, 0.4) is 0 Å². The largest absolute Gasteiger partial charge is 0.506 e. The third kappa shape index (κ3) is 4.86. The molecule has 2 atom stereocenters. The van der Waals surface area contributed by atoms with Crippen molar-refractivity contribution in [3.8, 4) is 5.75 Å². The standard InChI is InChI=1S/C28H36N6O3/c1-16-22(26-31-20(12-36-26)8-18-10-33(6)14-29-18)25(35)23(17(2)24(16)28(3,4)5)27-32-21(13-37-27)9-19-11-34(7)15-30-19/h10-11,14-15,20-21,35H,8-9,12-13H2,1-7H3/t20-,21-/m0/s1. The Morgan fingerprint density at radius 2 is 1.27 bits per heavy atom. The molecule has 0 aliphatic carbocycles. The Labute approximate surface area is 217 Å². The average Bonchev–Trinajstić information content (AvgIpc) is 3.59. The van der Waals surface area contributed by atoms with Crippen LogP contribution in [0.1, 0.15) is 60.0 Å². The van der Waals surface area contributed by atoms with Crippen molar-refractivity contribution in [2.75, 3.05) is 13.2 Å². The number of aliphatic imine (C=N–C) groups is 2. The van der Waals surface area contributed by atoms with E-state index in [9.17, 15) is 5.11 Å². The van der Waals surface area contributed by atoms with Gasteiger partial charge in [0.1, 0.15) is 19.0 Å². The number of aromatic nitrogens is 4. The fraction of sp³-hybridized carbons (Fsp3) is 0.500. The van der Waals surface area contributed by atoms with Crippen LogP contribution < -0.4 is 0 Å². The Kier molecular flexibility index (Phi) is 6.33. The minimum atomic E-state index is -0.176. The Morgan fingerprint density at radius 3 is 1.62 bits per heavy atom. The summed E-state index contributed by atoms with van der Waals surface area (Å²) < 4.78 is 16.0. The highest BCUT2D eigenvalue weighted by molar-refractivity contribution is 6.07. The molecular formula is C28H36N6O3. The first kappa shape index (κ1) is 25.0. The lowest BCUT2D eigenvalue weighted by Crippen LogP contribution is -2.21. The Hall–Kier alpha value is -3.62. The van der Waals surface area contributed by atoms with Crippen LogP contribution in [0.5, 0.6) is 5.75 Å². The first-order valence-corrected chi connectivity index (χ1v) is 12.7. The van der Waals surface area contributed by atoms with Crippen molar-refractivity contribution in [2.24, 2.45) is 24.1 Å². The monoisotopic (exact) mass is 504 g/mol. The van der Waals surface area contributed by atoms with Gasteiger partial charge in [0.2, 0.25) is 11.8 Å². The van der Waals surface area contributed by atoms with E-state index in [1.54, 1.807) is 12.7 Å². The molecule has 2 aromatic heterocycles. The normalized spacial score (nSPS) is 19.5. The Morgan fingerprint density at radius 1 is 0.838 bits per heavy atom. The van der Waals surface area contributed by atoms with Crippen LogP contribution in [0, 0.1) is 13.8 Å². The number of phenols is 1. The molecule has 2 aliphatic rings. The summed E-state index contributed by atoms with van der Waals surface area (Å²) in [6.45, 7) is 11.5. The van der Waals surface area contributed by atoms with Crippen molar-refractivity contribution in [3.05, 3.63) is 64.3 Å². The molecule has 0 unspecified atom stereocenters. The van der Waals surface area contributed by atoms with Gasteiger partial charge in [-0.3, -0.25) is 0 Å². The van der Waals surface area contributed by atoms with E-state index in [0.29, 0.717) is 49.0 Å². The van der Waals surface area contributed by atoms with Gasteiger partial charge in [-0.15, -0.1) is 0 Å². The summed E-state index contributed by atoms with van der Waals surface area (Å²) in [5.74, 6) is 1.04. The van der Waals surface area contributed by atoms with Gasteiger partial charge < -0.3 is 23.7 Å². The zero-order valence-electron chi connectivity index (χ0n) is 22.7. The van der Waals surface area contributed by atoms with Gasteiger partial charge in [-0.05, 0) is 36.0 Å². The lowest BCUT2D eigenvalue weighted by molar-refractivity contribution is 0.313. The van der Waals surface area contributed by atoms with Crippen molar-refractivity contribution < 1.29 is 14.6 Å². The van der Waals surface area contributed by atoms with E-state index < -0.39 is 0 Å². The van der Waals surface area contributed by atoms with Gasteiger partial charge in [0, 0.05) is 39.3 Å². The smallest absolute Gasteiger partial charge is 0.220 e. The van der Waals surface area contributed by atoms with Gasteiger partial charge in [-0.25, -0.2) is 20.0 Å². The van der Waals surface area contributed by atoms with E-state index in [0.717, 1.165) is 28.1 Å². The third-order valence-corrected chi connectivity index (χ3v) is 6.98. The molecule has 1 N–H and O–H groups in total. The van der Waals surface area contributed by atoms with Gasteiger partial charge in [0.25, 0.3) is 0 Å². The van der Waals surface area contributed by atoms with E-state index in [4.69, 9.17) is 19.5 Å². The maximum Gasteiger partial charge on any atom is 0.220 e. The maximum atomic E-state index is 11.7. The average molecular weight is 505 g/mol. The number of rotatable bonds is 6. The van der Waals surface area contributed by atoms with E-state index in [2.05, 4.69) is 30.7 Å². The first-order valence-electron chi connectivity index (χ1n) is 12.7. The highest BCUT2D eigenvalue weighted by Gasteiger charge is 2.35. The second kappa shape index (κ2) is 9.36. The van der Waals surface area contributed by atoms with Crippen LogP contribution in [0.2, 0.25) is 0 Å². The molecule has 5 rings (SSSR count). The summed E-state index contributed by atoms with van der Waals surface area (Å²) in [5.41, 5.74) is 6.06. The van der Waals surface area contributed by atoms with Gasteiger partial charge in [0.05, 0.1) is 47.3 Å². The van der Waals surface area contributed by atoms with Crippen molar-refractivity contribution in [3.63, 3.8) is 0 Å². The lowest BCUT2D eigenvalue weighted by Gasteiger charge is -2.28. The Bertz CT molecular complexity index is 1300. The molecule has 3 aromatic rings. The number of phenolic OH excluding ortho intramolecular Hbond substituents is 1. The predicted molar refractivity (Wildman–Crippen MR) is 143 cm³/mol. The first-order chi connectivity index (χ1) is 17.5. The molecule has 37 heavy (non-hydrogen) atoms. The molecule has 0 bridgehead atoms. The summed E-state index contributed by atoms with van der Waals surface area (Å²) in [5, 5.41) is 11.7. The summed E-state index contributed by atoms with van der Waals surface area (Å²) in [4.78, 5) is 18.6. The molecule has 196 valence electrons. The maximum absolute atomic E-state index is 11.7. The predicted octanol–water partition coefficient (Wildman–Crippen LogP) is 3.55. The SMILES string of the molecule is Cc1c(C2=N[C@@H](Cc3cn(C)cn3)CO2)c(O)c(C2=N[C@@H](Cc3cn(C)cn3)CO2)c(C)c1C(C)(C)C. The molecule has 9 heteroatoms. The van der Waals surface area contributed by atoms with Crippen LogP contribution in [0.4, 0.5) is 0 Å². The summed E-state index contributed by atoms with van der Waals surface area (Å²) in [7, 11) is 3.91. The molecule has 0 spiro atoms. The van der Waals surface area contributed by atoms with Crippen LogP contribution in [-0.2, 0) is 41.8 Å². The molecule has 0 amide bonds. The molecule has 0 radical (unpaired) electrons. The highest BCUT2D eigenvalue weighted by Crippen LogP contribution is 2.41. The molecule has 0 saturated carbocycles. The number of imidazole rings is 2. The van der Waals surface area contributed by atoms with Crippen molar-refractivity contribution >= 4 is 11.8 Å². The Balaban J connectivity index is 1.54. The number of hydrogen-bond acceptors (Lipinski definition) is 7. The van der Waals surface area contributed by atoms with E-state index >= 15 is 0 Å². The third-order valence-electron chi connectivity index (χ3n) is 6.98. The zero-order chi connectivity index (χ0) is 26.5. The van der Waals surface area contributed by atoms with E-state index in [-0.39, 0.29) is 23.2 Å². The summed E-state index contributed by atoms with van der Waals surface area (Å²) in [6.07, 6.45) is 8.93. The molecule has 0 saturated heterocycles. The van der Waals surface area contributed by atoms with E-state index in [1.165, 1.54) is 0 Å². The molecule has 9 nitrogen and oxygen atoms in total. The minimum absolute atomic E-state index is 0.0608. The number of aromatic hydroxyl groups is 1. The summed E-state index contributed by atoms with van der Waals surface area (Å²) >= 11 is 0. The number of nitrogens with zero attached hydrogens (tertiary/aromatic N) is 6. The molecule has 2 aliphatic heterocycles. The lowest BCUT2D eigenvalue weighted by atomic mass is 9.77. The van der Waals surface area contributed by atoms with Gasteiger partial charge in [-0.1, -0.05) is 20.8 Å². The molecule has 4 heterocycles. The van der Waals surface area contributed by atoms with Crippen LogP contribution in [0.25, 0.3) is 0 Å². The van der Waals surface area contributed by atoms with Gasteiger partial charge in [0.15, 0.2) is 0 Å². The van der Waals surface area contributed by atoms with Crippen LogP contribution >= 0.6 is 0 Å².